The van der Waals surface area contributed by atoms with Gasteiger partial charge in [0.1, 0.15) is 5.65 Å². The first-order valence-electron chi connectivity index (χ1n) is 5.39. The van der Waals surface area contributed by atoms with Gasteiger partial charge in [-0.2, -0.15) is 0 Å². The number of aryl methyl sites for hydroxylation is 1. The molecule has 1 unspecified atom stereocenters. The van der Waals surface area contributed by atoms with Gasteiger partial charge in [0, 0.05) is 16.4 Å². The predicted molar refractivity (Wildman–Crippen MR) is 64.1 cm³/mol. The lowest BCUT2D eigenvalue weighted by molar-refractivity contribution is 0.488. The molecular weight excluding hydrogens is 252 g/mol. The third kappa shape index (κ3) is 1.49. The molecule has 0 amide bonds. The van der Waals surface area contributed by atoms with Gasteiger partial charge in [0.2, 0.25) is 0 Å². The predicted octanol–water partition coefficient (Wildman–Crippen LogP) is 3.22. The minimum absolute atomic E-state index is 0.788. The van der Waals surface area contributed by atoms with Crippen LogP contribution in [0, 0.1) is 5.92 Å². The van der Waals surface area contributed by atoms with Gasteiger partial charge >= 0.3 is 0 Å². The Morgan fingerprint density at radius 1 is 1.47 bits per heavy atom. The molecule has 1 aliphatic carbocycles. The van der Waals surface area contributed by atoms with E-state index in [4.69, 9.17) is 0 Å². The van der Waals surface area contributed by atoms with E-state index in [0.29, 0.717) is 0 Å². The van der Waals surface area contributed by atoms with Crippen LogP contribution in [-0.2, 0) is 12.8 Å². The molecule has 3 heteroatoms. The van der Waals surface area contributed by atoms with E-state index in [1.54, 1.807) is 0 Å². The van der Waals surface area contributed by atoms with Crippen LogP contribution >= 0.6 is 15.9 Å². The van der Waals surface area contributed by atoms with E-state index in [2.05, 4.69) is 50.6 Å². The van der Waals surface area contributed by atoms with Crippen molar-refractivity contribution in [3.8, 4) is 0 Å². The summed E-state index contributed by atoms with van der Waals surface area (Å²) in [6.07, 6.45) is 5.69. The van der Waals surface area contributed by atoms with Crippen LogP contribution in [0.15, 0.2) is 22.8 Å². The van der Waals surface area contributed by atoms with Gasteiger partial charge < -0.3 is 4.40 Å². The van der Waals surface area contributed by atoms with E-state index in [-0.39, 0.29) is 0 Å². The Hall–Kier alpha value is -0.830. The monoisotopic (exact) mass is 264 g/mol. The number of fused-ring (bicyclic) bond motifs is 3. The lowest BCUT2D eigenvalue weighted by Gasteiger charge is -2.17. The first-order chi connectivity index (χ1) is 7.24. The van der Waals surface area contributed by atoms with Crippen LogP contribution in [0.5, 0.6) is 0 Å². The summed E-state index contributed by atoms with van der Waals surface area (Å²) in [4.78, 5) is 4.67. The Balaban J connectivity index is 2.25. The van der Waals surface area contributed by atoms with Crippen molar-refractivity contribution in [2.45, 2.75) is 26.2 Å². The van der Waals surface area contributed by atoms with E-state index < -0.39 is 0 Å². The fourth-order valence-corrected chi connectivity index (χ4v) is 2.68. The Bertz CT molecular complexity index is 516. The van der Waals surface area contributed by atoms with Gasteiger partial charge in [-0.25, -0.2) is 4.98 Å². The third-order valence-electron chi connectivity index (χ3n) is 3.18. The second-order valence-corrected chi connectivity index (χ2v) is 5.34. The molecule has 0 aromatic carbocycles. The number of nitrogens with zero attached hydrogens (tertiary/aromatic N) is 2. The quantitative estimate of drug-likeness (QED) is 0.714. The molecule has 0 saturated carbocycles. The van der Waals surface area contributed by atoms with Gasteiger partial charge in [-0.1, -0.05) is 6.92 Å². The van der Waals surface area contributed by atoms with Crippen LogP contribution in [0.2, 0.25) is 0 Å². The molecule has 0 aliphatic heterocycles. The second-order valence-electron chi connectivity index (χ2n) is 4.43. The lowest BCUT2D eigenvalue weighted by atomic mass is 9.91. The molecular formula is C12H13BrN2. The van der Waals surface area contributed by atoms with Gasteiger partial charge in [-0.3, -0.25) is 0 Å². The van der Waals surface area contributed by atoms with Crippen molar-refractivity contribution in [3.63, 3.8) is 0 Å². The summed E-state index contributed by atoms with van der Waals surface area (Å²) >= 11 is 3.51. The largest absolute Gasteiger partial charge is 0.303 e. The Morgan fingerprint density at radius 3 is 3.20 bits per heavy atom. The number of halogens is 1. The molecule has 2 aromatic heterocycles. The number of pyridine rings is 1. The zero-order valence-electron chi connectivity index (χ0n) is 8.70. The van der Waals surface area contributed by atoms with Gasteiger partial charge in [0.25, 0.3) is 0 Å². The SMILES string of the molecule is CC1CCc2nc3ccc(Br)cn3c2C1. The number of rotatable bonds is 0. The first-order valence-corrected chi connectivity index (χ1v) is 6.18. The van der Waals surface area contributed by atoms with Crippen molar-refractivity contribution in [1.29, 1.82) is 0 Å². The van der Waals surface area contributed by atoms with Gasteiger partial charge in [0.15, 0.2) is 0 Å². The molecule has 2 nitrogen and oxygen atoms in total. The maximum Gasteiger partial charge on any atom is 0.137 e. The lowest BCUT2D eigenvalue weighted by Crippen LogP contribution is -2.12. The summed E-state index contributed by atoms with van der Waals surface area (Å²) in [6.45, 7) is 2.32. The number of hydrogen-bond acceptors (Lipinski definition) is 1. The van der Waals surface area contributed by atoms with Crippen molar-refractivity contribution < 1.29 is 0 Å². The van der Waals surface area contributed by atoms with Gasteiger partial charge in [0.05, 0.1) is 5.69 Å². The van der Waals surface area contributed by atoms with Gasteiger partial charge in [-0.15, -0.1) is 0 Å². The first kappa shape index (κ1) is 9.40. The molecule has 15 heavy (non-hydrogen) atoms. The third-order valence-corrected chi connectivity index (χ3v) is 3.65. The minimum atomic E-state index is 0.788. The molecule has 0 N–H and O–H groups in total. The normalized spacial score (nSPS) is 20.5. The average molecular weight is 265 g/mol. The fraction of sp³-hybridized carbons (Fsp3) is 0.417. The minimum Gasteiger partial charge on any atom is -0.303 e. The maximum atomic E-state index is 4.67. The molecule has 2 heterocycles. The van der Waals surface area contributed by atoms with Crippen molar-refractivity contribution in [2.24, 2.45) is 5.92 Å². The Kier molecular flexibility index (Phi) is 2.09. The van der Waals surface area contributed by atoms with Gasteiger partial charge in [-0.05, 0) is 53.2 Å². The second kappa shape index (κ2) is 3.34. The summed E-state index contributed by atoms with van der Waals surface area (Å²) in [5.41, 5.74) is 3.79. The van der Waals surface area contributed by atoms with E-state index in [0.717, 1.165) is 28.9 Å². The van der Waals surface area contributed by atoms with E-state index in [9.17, 15) is 0 Å². The molecule has 0 radical (unpaired) electrons. The highest BCUT2D eigenvalue weighted by molar-refractivity contribution is 9.10. The zero-order valence-corrected chi connectivity index (χ0v) is 10.3. The highest BCUT2D eigenvalue weighted by Crippen LogP contribution is 2.26. The summed E-state index contributed by atoms with van der Waals surface area (Å²) < 4.78 is 3.35. The van der Waals surface area contributed by atoms with Crippen molar-refractivity contribution >= 4 is 21.6 Å². The van der Waals surface area contributed by atoms with Crippen LogP contribution in [0.25, 0.3) is 5.65 Å². The maximum absolute atomic E-state index is 4.67. The molecule has 3 rings (SSSR count). The molecule has 0 spiro atoms. The molecule has 1 aliphatic rings. The fourth-order valence-electron chi connectivity index (χ4n) is 2.35. The number of imidazole rings is 1. The topological polar surface area (TPSA) is 17.3 Å². The van der Waals surface area contributed by atoms with Crippen molar-refractivity contribution in [1.82, 2.24) is 9.38 Å². The summed E-state index contributed by atoms with van der Waals surface area (Å²) in [7, 11) is 0. The van der Waals surface area contributed by atoms with Crippen LogP contribution in [0.4, 0.5) is 0 Å². The highest BCUT2D eigenvalue weighted by atomic mass is 79.9. The highest BCUT2D eigenvalue weighted by Gasteiger charge is 2.20. The molecule has 2 aromatic rings. The average Bonchev–Trinajstić information content (AvgIpc) is 2.56. The number of aromatic nitrogens is 2. The Labute approximate surface area is 97.5 Å². The standard InChI is InChI=1S/C12H13BrN2/c1-8-2-4-10-11(6-8)15-7-9(13)3-5-12(15)14-10/h3,5,7-8H,2,4,6H2,1H3. The number of hydrogen-bond donors (Lipinski definition) is 0. The molecule has 1 atom stereocenters. The zero-order chi connectivity index (χ0) is 10.4. The molecule has 0 saturated heterocycles. The van der Waals surface area contributed by atoms with E-state index in [1.165, 1.54) is 17.8 Å². The van der Waals surface area contributed by atoms with E-state index in [1.807, 2.05) is 0 Å². The van der Waals surface area contributed by atoms with Crippen LogP contribution in [0.3, 0.4) is 0 Å². The summed E-state index contributed by atoms with van der Waals surface area (Å²) in [6, 6.07) is 4.13. The molecule has 0 fully saturated rings. The van der Waals surface area contributed by atoms with Crippen LogP contribution < -0.4 is 0 Å². The van der Waals surface area contributed by atoms with Crippen molar-refractivity contribution in [2.75, 3.05) is 0 Å². The smallest absolute Gasteiger partial charge is 0.137 e. The molecule has 0 bridgehead atoms. The molecule has 78 valence electrons. The Morgan fingerprint density at radius 2 is 2.33 bits per heavy atom. The van der Waals surface area contributed by atoms with Crippen molar-refractivity contribution in [3.05, 3.63) is 34.2 Å². The summed E-state index contributed by atoms with van der Waals surface area (Å²) in [5.74, 6) is 0.788. The van der Waals surface area contributed by atoms with Crippen LogP contribution in [0.1, 0.15) is 24.7 Å². The van der Waals surface area contributed by atoms with E-state index >= 15 is 0 Å². The van der Waals surface area contributed by atoms with Crippen LogP contribution in [-0.4, -0.2) is 9.38 Å². The summed E-state index contributed by atoms with van der Waals surface area (Å²) in [5, 5.41) is 0.